The quantitative estimate of drug-likeness (QED) is 0.494. The van der Waals surface area contributed by atoms with Crippen molar-refractivity contribution in [3.8, 4) is 0 Å². The van der Waals surface area contributed by atoms with E-state index in [9.17, 15) is 0 Å². The number of hydrogen-bond donors (Lipinski definition) is 0. The Kier molecular flexibility index (Phi) is 7.68. The van der Waals surface area contributed by atoms with Gasteiger partial charge in [0.25, 0.3) is 0 Å². The van der Waals surface area contributed by atoms with Crippen molar-refractivity contribution >= 4 is 47.5 Å². The molecule has 0 aliphatic carbocycles. The Morgan fingerprint density at radius 1 is 0.500 bits per heavy atom. The molecule has 1 rings (SSSR count). The highest BCUT2D eigenvalue weighted by Gasteiger charge is 2.54. The third-order valence-electron chi connectivity index (χ3n) is 2.94. The second-order valence-corrected chi connectivity index (χ2v) is 30.5. The molecule has 0 bridgehead atoms. The van der Waals surface area contributed by atoms with Crippen molar-refractivity contribution in [1.29, 1.82) is 0 Å². The normalized spacial score (nSPS) is 14.6. The predicted octanol–water partition coefficient (Wildman–Crippen LogP) is 5.11. The van der Waals surface area contributed by atoms with E-state index in [4.69, 9.17) is 16.5 Å². The molecular weight excluding hydrogens is 409 g/mol. The standard InChI is InChI=1S/C17H38O4Si5/c1-22(2,3)18-25(10,11)21-26(19-23(4,5)6,20-24(7,8)9)17-15-13-12-14-16-17/h12-16H,1-11H3. The average molecular weight is 447 g/mol. The van der Waals surface area contributed by atoms with Crippen LogP contribution in [0.5, 0.6) is 0 Å². The second-order valence-electron chi connectivity index (χ2n) is 10.1. The molecule has 0 saturated heterocycles. The molecule has 1 aromatic carbocycles. The summed E-state index contributed by atoms with van der Waals surface area (Å²) < 4.78 is 26.9. The van der Waals surface area contributed by atoms with E-state index in [-0.39, 0.29) is 0 Å². The average Bonchev–Trinajstić information content (AvgIpc) is 2.31. The zero-order chi connectivity index (χ0) is 20.4. The van der Waals surface area contributed by atoms with Crippen molar-refractivity contribution in [1.82, 2.24) is 0 Å². The van der Waals surface area contributed by atoms with Crippen LogP contribution >= 0.6 is 0 Å². The molecule has 26 heavy (non-hydrogen) atoms. The van der Waals surface area contributed by atoms with Gasteiger partial charge in [0.05, 0.1) is 0 Å². The molecule has 0 amide bonds. The molecule has 0 saturated carbocycles. The van der Waals surface area contributed by atoms with E-state index in [1.807, 2.05) is 18.2 Å². The molecule has 0 aliphatic rings. The van der Waals surface area contributed by atoms with Crippen LogP contribution in [0.4, 0.5) is 0 Å². The summed E-state index contributed by atoms with van der Waals surface area (Å²) in [5.74, 6) is 0. The van der Waals surface area contributed by atoms with E-state index in [2.05, 4.69) is 84.1 Å². The largest absolute Gasteiger partial charge is 0.507 e. The van der Waals surface area contributed by atoms with Crippen LogP contribution in [-0.2, 0) is 16.5 Å². The van der Waals surface area contributed by atoms with Crippen LogP contribution in [0, 0.1) is 0 Å². The summed E-state index contributed by atoms with van der Waals surface area (Å²) in [6.45, 7) is 24.0. The lowest BCUT2D eigenvalue weighted by Crippen LogP contribution is -2.68. The first-order valence-corrected chi connectivity index (χ1v) is 24.1. The molecule has 4 nitrogen and oxygen atoms in total. The van der Waals surface area contributed by atoms with Crippen molar-refractivity contribution in [3.63, 3.8) is 0 Å². The summed E-state index contributed by atoms with van der Waals surface area (Å²) in [6, 6.07) is 10.3. The maximum atomic E-state index is 6.86. The van der Waals surface area contributed by atoms with Crippen molar-refractivity contribution in [2.45, 2.75) is 72.0 Å². The van der Waals surface area contributed by atoms with E-state index in [1.54, 1.807) is 0 Å². The zero-order valence-corrected chi connectivity index (χ0v) is 23.5. The molecule has 0 heterocycles. The van der Waals surface area contributed by atoms with E-state index < -0.39 is 42.3 Å². The first kappa shape index (κ1) is 24.2. The molecule has 9 heteroatoms. The SMILES string of the molecule is C[Si](C)(C)O[Si](C)(C)O[Si](O[Si](C)(C)C)(O[Si](C)(C)C)c1ccccc1. The van der Waals surface area contributed by atoms with Gasteiger partial charge in [0, 0.05) is 5.19 Å². The highest BCUT2D eigenvalue weighted by molar-refractivity contribution is 6.96. The Morgan fingerprint density at radius 2 is 0.885 bits per heavy atom. The number of hydrogen-bond acceptors (Lipinski definition) is 4. The highest BCUT2D eigenvalue weighted by atomic mass is 28.5. The third-order valence-corrected chi connectivity index (χ3v) is 18.5. The molecule has 0 unspecified atom stereocenters. The van der Waals surface area contributed by atoms with Gasteiger partial charge in [-0.05, 0) is 72.0 Å². The maximum absolute atomic E-state index is 6.86. The van der Waals surface area contributed by atoms with Gasteiger partial charge >= 0.3 is 17.4 Å². The fraction of sp³-hybridized carbons (Fsp3) is 0.647. The van der Waals surface area contributed by atoms with Gasteiger partial charge in [-0.25, -0.2) is 0 Å². The van der Waals surface area contributed by atoms with Gasteiger partial charge in [-0.2, -0.15) is 0 Å². The van der Waals surface area contributed by atoms with E-state index in [0.29, 0.717) is 0 Å². The molecule has 0 aliphatic heterocycles. The predicted molar refractivity (Wildman–Crippen MR) is 124 cm³/mol. The van der Waals surface area contributed by atoms with Crippen molar-refractivity contribution in [2.24, 2.45) is 0 Å². The van der Waals surface area contributed by atoms with Gasteiger partial charge < -0.3 is 16.5 Å². The van der Waals surface area contributed by atoms with Crippen LogP contribution in [0.1, 0.15) is 0 Å². The van der Waals surface area contributed by atoms with Gasteiger partial charge in [0.15, 0.2) is 25.0 Å². The third kappa shape index (κ3) is 8.89. The zero-order valence-electron chi connectivity index (χ0n) is 18.5. The van der Waals surface area contributed by atoms with Crippen LogP contribution in [0.15, 0.2) is 30.3 Å². The molecule has 0 N–H and O–H groups in total. The Balaban J connectivity index is 3.46. The van der Waals surface area contributed by atoms with Crippen LogP contribution in [0.25, 0.3) is 0 Å². The summed E-state index contributed by atoms with van der Waals surface area (Å²) in [5, 5.41) is 1.05. The number of benzene rings is 1. The van der Waals surface area contributed by atoms with E-state index in [0.717, 1.165) is 5.19 Å². The Labute approximate surface area is 166 Å². The second kappa shape index (κ2) is 8.25. The molecule has 0 fully saturated rings. The minimum atomic E-state index is -3.10. The van der Waals surface area contributed by atoms with Crippen LogP contribution in [0.2, 0.25) is 72.0 Å². The Morgan fingerprint density at radius 3 is 1.23 bits per heavy atom. The van der Waals surface area contributed by atoms with Gasteiger partial charge in [-0.15, -0.1) is 0 Å². The molecule has 150 valence electrons. The van der Waals surface area contributed by atoms with Gasteiger partial charge in [0.1, 0.15) is 0 Å². The highest BCUT2D eigenvalue weighted by Crippen LogP contribution is 2.27. The van der Waals surface area contributed by atoms with Crippen LogP contribution < -0.4 is 5.19 Å². The fourth-order valence-electron chi connectivity index (χ4n) is 2.77. The molecular formula is C17H38O4Si5. The molecule has 1 aromatic rings. The summed E-state index contributed by atoms with van der Waals surface area (Å²) >= 11 is 0. The Hall–Kier alpha value is 0.144. The van der Waals surface area contributed by atoms with Gasteiger partial charge in [-0.3, -0.25) is 0 Å². The molecule has 0 atom stereocenters. The summed E-state index contributed by atoms with van der Waals surface area (Å²) in [4.78, 5) is 0. The Bertz CT molecular complexity index is 558. The molecule has 0 aromatic heterocycles. The minimum absolute atomic E-state index is 1.05. The van der Waals surface area contributed by atoms with Gasteiger partial charge in [-0.1, -0.05) is 30.3 Å². The lowest BCUT2D eigenvalue weighted by Gasteiger charge is -2.44. The van der Waals surface area contributed by atoms with Crippen LogP contribution in [0.3, 0.4) is 0 Å². The lowest BCUT2D eigenvalue weighted by atomic mass is 10.4. The first-order valence-electron chi connectivity index (χ1n) is 9.29. The topological polar surface area (TPSA) is 36.9 Å². The van der Waals surface area contributed by atoms with Crippen molar-refractivity contribution < 1.29 is 16.5 Å². The monoisotopic (exact) mass is 446 g/mol. The van der Waals surface area contributed by atoms with Crippen molar-refractivity contribution in [2.75, 3.05) is 0 Å². The smallest absolute Gasteiger partial charge is 0.437 e. The van der Waals surface area contributed by atoms with E-state index >= 15 is 0 Å². The van der Waals surface area contributed by atoms with E-state index in [1.165, 1.54) is 0 Å². The minimum Gasteiger partial charge on any atom is -0.437 e. The fourth-order valence-corrected chi connectivity index (χ4v) is 21.9. The van der Waals surface area contributed by atoms with Gasteiger partial charge in [0.2, 0.25) is 0 Å². The molecule has 0 spiro atoms. The maximum Gasteiger partial charge on any atom is 0.507 e. The summed E-state index contributed by atoms with van der Waals surface area (Å²) in [5.41, 5.74) is 0. The summed E-state index contributed by atoms with van der Waals surface area (Å²) in [6.07, 6.45) is 0. The van der Waals surface area contributed by atoms with Crippen LogP contribution in [-0.4, -0.2) is 42.3 Å². The lowest BCUT2D eigenvalue weighted by molar-refractivity contribution is 0.244. The summed E-state index contributed by atoms with van der Waals surface area (Å²) in [7, 11) is -11.1. The first-order chi connectivity index (χ1) is 11.4. The molecule has 0 radical (unpaired) electrons. The number of rotatable bonds is 9. The van der Waals surface area contributed by atoms with Crippen molar-refractivity contribution in [3.05, 3.63) is 30.3 Å².